The van der Waals surface area contributed by atoms with E-state index < -0.39 is 131 Å². The zero-order valence-corrected chi connectivity index (χ0v) is 55.2. The number of thiazole rings is 2. The molecule has 0 radical (unpaired) electrons. The van der Waals surface area contributed by atoms with Crippen LogP contribution in [0.5, 0.6) is 23.0 Å². The Morgan fingerprint density at radius 3 is 1.34 bits per heavy atom. The van der Waals surface area contributed by atoms with Gasteiger partial charge in [-0.3, -0.25) is 73.2 Å². The molecule has 536 valence electrons. The van der Waals surface area contributed by atoms with Crippen LogP contribution in [0.2, 0.25) is 0 Å². The summed E-state index contributed by atoms with van der Waals surface area (Å²) in [7, 11) is 0. The maximum Gasteiger partial charge on any atom is 0.341 e. The number of benzene rings is 4. The van der Waals surface area contributed by atoms with E-state index in [1.165, 1.54) is 71.2 Å². The van der Waals surface area contributed by atoms with E-state index in [1.807, 2.05) is 9.80 Å². The molecule has 6 aromatic rings. The monoisotopic (exact) mass is 1460 g/mol. The number of carboxylic acids is 1. The highest BCUT2D eigenvalue weighted by Crippen LogP contribution is 2.40. The van der Waals surface area contributed by atoms with E-state index in [9.17, 15) is 75.1 Å². The number of aromatic nitrogens is 2. The Bertz CT molecular complexity index is 4210. The first-order chi connectivity index (χ1) is 47.6. The van der Waals surface area contributed by atoms with Crippen LogP contribution in [-0.4, -0.2) is 193 Å². The molecule has 5 N–H and O–H groups in total. The second-order valence-electron chi connectivity index (χ2n) is 22.5. The summed E-state index contributed by atoms with van der Waals surface area (Å²) >= 11 is 2.71. The number of fused-ring (bicyclic) bond motifs is 2. The van der Waals surface area contributed by atoms with E-state index >= 15 is 0 Å². The summed E-state index contributed by atoms with van der Waals surface area (Å²) in [5.74, 6) is -13.0. The highest BCUT2D eigenvalue weighted by Gasteiger charge is 2.48. The number of ether oxygens (including phenoxy) is 6. The van der Waals surface area contributed by atoms with Gasteiger partial charge in [-0.05, 0) is 74.3 Å². The van der Waals surface area contributed by atoms with Gasteiger partial charge in [0.2, 0.25) is 35.3 Å². The molecule has 2 unspecified atom stereocenters. The number of carbonyl (C=O) groups excluding carboxylic acids is 11. The van der Waals surface area contributed by atoms with Crippen molar-refractivity contribution in [2.24, 2.45) is 5.73 Å². The molecule has 35 heteroatoms. The maximum absolute atomic E-state index is 14.8. The first-order valence-corrected chi connectivity index (χ1v) is 32.6. The van der Waals surface area contributed by atoms with Crippen molar-refractivity contribution in [2.45, 2.75) is 70.9 Å². The Kier molecular flexibility index (Phi) is 26.4. The van der Waals surface area contributed by atoms with Crippen LogP contribution in [0.3, 0.4) is 0 Å². The van der Waals surface area contributed by atoms with E-state index in [4.69, 9.17) is 39.3 Å². The van der Waals surface area contributed by atoms with E-state index in [2.05, 4.69) is 20.6 Å². The van der Waals surface area contributed by atoms with Gasteiger partial charge >= 0.3 is 5.97 Å². The van der Waals surface area contributed by atoms with Crippen molar-refractivity contribution in [3.8, 4) is 45.5 Å². The van der Waals surface area contributed by atoms with Gasteiger partial charge in [-0.1, -0.05) is 19.6 Å². The van der Waals surface area contributed by atoms with Crippen molar-refractivity contribution < 1.29 is 109 Å². The van der Waals surface area contributed by atoms with Crippen molar-refractivity contribution in [1.29, 1.82) is 0 Å². The summed E-state index contributed by atoms with van der Waals surface area (Å²) in [6.45, 7) is 3.15. The predicted molar refractivity (Wildman–Crippen MR) is 353 cm³/mol. The van der Waals surface area contributed by atoms with Crippen LogP contribution in [-0.2, 0) is 47.8 Å². The van der Waals surface area contributed by atoms with Crippen LogP contribution < -0.4 is 45.1 Å². The second kappa shape index (κ2) is 34.8. The molecule has 0 spiro atoms. The van der Waals surface area contributed by atoms with Gasteiger partial charge in [-0.2, -0.15) is 8.78 Å². The molecule has 2 atom stereocenters. The summed E-state index contributed by atoms with van der Waals surface area (Å²) in [6.07, 6.45) is 0.179. The highest BCUT2D eigenvalue weighted by molar-refractivity contribution is 7.14. The van der Waals surface area contributed by atoms with Gasteiger partial charge in [-0.15, -0.1) is 35.1 Å². The minimum atomic E-state index is -1.28. The maximum atomic E-state index is 14.8. The molecule has 4 fully saturated rings. The van der Waals surface area contributed by atoms with Gasteiger partial charge in [0.15, 0.2) is 57.4 Å². The third-order valence-corrected chi connectivity index (χ3v) is 17.7. The predicted octanol–water partition coefficient (Wildman–Crippen LogP) is 5.92. The molecule has 28 nitrogen and oxygen atoms in total. The largest absolute Gasteiger partial charge is 0.485 e. The number of piperidine rings is 2. The zero-order valence-electron chi connectivity index (χ0n) is 52.7. The number of morpholine rings is 2. The average molecular weight is 1460 g/mol. The van der Waals surface area contributed by atoms with Crippen molar-refractivity contribution in [1.82, 2.24) is 30.4 Å². The number of carboxylic acid groups (broad SMARTS) is 1. The van der Waals surface area contributed by atoms with E-state index in [1.54, 1.807) is 10.8 Å². The molecule has 101 heavy (non-hydrogen) atoms. The normalized spacial score (nSPS) is 17.0. The molecular weight excluding hydrogens is 1400 g/mol. The van der Waals surface area contributed by atoms with Crippen molar-refractivity contribution in [2.75, 3.05) is 95.4 Å². The molecule has 8 amide bonds. The van der Waals surface area contributed by atoms with Crippen molar-refractivity contribution in [3.63, 3.8) is 0 Å². The average Bonchev–Trinajstić information content (AvgIpc) is 1.61. The van der Waals surface area contributed by atoms with Gasteiger partial charge in [0.05, 0.1) is 60.1 Å². The van der Waals surface area contributed by atoms with Gasteiger partial charge < -0.3 is 49.1 Å². The van der Waals surface area contributed by atoms with Crippen molar-refractivity contribution in [3.05, 3.63) is 117 Å². The Morgan fingerprint density at radius 2 is 0.941 bits per heavy atom. The lowest BCUT2D eigenvalue weighted by Crippen LogP contribution is -2.54. The molecule has 4 saturated heterocycles. The van der Waals surface area contributed by atoms with E-state index in [-0.39, 0.29) is 135 Å². The van der Waals surface area contributed by atoms with Crippen LogP contribution in [0.1, 0.15) is 100 Å². The Balaban J connectivity index is 0.000000210. The number of aliphatic carboxylic acids is 1. The Morgan fingerprint density at radius 1 is 0.545 bits per heavy atom. The summed E-state index contributed by atoms with van der Waals surface area (Å²) in [6, 6.07) is 11.2. The van der Waals surface area contributed by atoms with Gasteiger partial charge in [0.1, 0.15) is 43.4 Å². The number of nitrogens with one attached hydrogen (secondary N) is 2. The number of Topliss-reactive ketones (excluding diaryl/α,β-unsaturated/α-hetero) is 3. The van der Waals surface area contributed by atoms with E-state index in [0.717, 1.165) is 27.1 Å². The van der Waals surface area contributed by atoms with Crippen LogP contribution >= 0.6 is 35.1 Å². The highest BCUT2D eigenvalue weighted by atomic mass is 35.5. The number of halogens is 5. The zero-order chi connectivity index (χ0) is 70.6. The minimum Gasteiger partial charge on any atom is -0.485 e. The molecule has 0 bridgehead atoms. The SMILES string of the molecule is C.Cl.NCCC(=O)COc1cccc2c1C(=O)N(C1CCC(=O)NC1=O)C2=O.O=C(CCCC(=O)COc1c(-c2csc(N3CCOCC3)n2)ccc(F)c1F)COc1cccc2c1C(=O)N(C1CCC(=O)NC1=O)C2=O.O=C(O)COc1c(-c2csc(N3CCOCC3)n2)ccc(F)c1F. The van der Waals surface area contributed by atoms with Crippen LogP contribution in [0, 0.1) is 23.3 Å². The second-order valence-corrected chi connectivity index (χ2v) is 24.2. The molecular formula is C66H66ClF4N9O19S2. The smallest absolute Gasteiger partial charge is 0.341 e. The molecule has 6 aliphatic rings. The number of hydrogen-bond donors (Lipinski definition) is 4. The lowest BCUT2D eigenvalue weighted by atomic mass is 10.0. The van der Waals surface area contributed by atoms with Crippen LogP contribution in [0.4, 0.5) is 27.8 Å². The number of rotatable bonds is 24. The molecule has 0 aliphatic carbocycles. The lowest BCUT2D eigenvalue weighted by molar-refractivity contribution is -0.139. The minimum absolute atomic E-state index is 0. The van der Waals surface area contributed by atoms with Gasteiger partial charge in [0.25, 0.3) is 23.6 Å². The number of anilines is 2. The summed E-state index contributed by atoms with van der Waals surface area (Å²) < 4.78 is 88.5. The number of nitrogens with two attached hydrogens (primary N) is 1. The topological polar surface area (TPSA) is 369 Å². The number of imide groups is 4. The fraction of sp³-hybridized carbons (Fsp3) is 0.364. The van der Waals surface area contributed by atoms with E-state index in [0.29, 0.717) is 69.1 Å². The first-order valence-electron chi connectivity index (χ1n) is 30.8. The van der Waals surface area contributed by atoms with Gasteiger partial charge in [-0.25, -0.2) is 23.5 Å². The molecule has 0 saturated carbocycles. The van der Waals surface area contributed by atoms with Gasteiger partial charge in [0, 0.05) is 80.2 Å². The fourth-order valence-corrected chi connectivity index (χ4v) is 12.8. The number of carbonyl (C=O) groups is 12. The van der Waals surface area contributed by atoms with Crippen molar-refractivity contribution >= 4 is 116 Å². The third kappa shape index (κ3) is 17.9. The van der Waals surface area contributed by atoms with Crippen LogP contribution in [0.25, 0.3) is 22.5 Å². The summed E-state index contributed by atoms with van der Waals surface area (Å²) in [5, 5.41) is 17.8. The summed E-state index contributed by atoms with van der Waals surface area (Å²) in [5.41, 5.74) is 6.54. The number of amides is 8. The molecule has 8 heterocycles. The quantitative estimate of drug-likeness (QED) is 0.0403. The van der Waals surface area contributed by atoms with Crippen LogP contribution in [0.15, 0.2) is 71.4 Å². The fourth-order valence-electron chi connectivity index (χ4n) is 11.0. The molecule has 6 aliphatic heterocycles. The Labute approximate surface area is 586 Å². The summed E-state index contributed by atoms with van der Waals surface area (Å²) in [4.78, 5) is 161. The molecule has 2 aromatic heterocycles. The third-order valence-electron chi connectivity index (χ3n) is 15.9. The molecule has 4 aromatic carbocycles. The number of hydrogen-bond acceptors (Lipinski definition) is 25. The standard InChI is InChI=1S/C33H30F2N4O9S.C17H17N3O6.C15H14F2N2O4S.CH4.ClH/c34-22-8-7-20(23-17-49-33(36-23)38-11-13-46-14-12-38)29(28(22)35)48-16-19(41)4-1-3-18(40)15-47-25-6-2-5-21-27(25)32(45)39(31(21)44)24-9-10-26(42)37-30(24)43;18-7-6-9(21)8-26-12-3-1-2-10-14(12)17(25)20(16(10)24)11-4-5-13(22)19-15(11)23;16-10-2-1-9(14(13(10)17)23-7-12(20)21)11-8-24-15(18-11)19-3-5-22-6-4-19;;/h2,5-8,17,24H,1,3-4,9-16H2,(H,37,42,43);1-3,11H,4-8,18H2,(H,19,22,23);1-2,8H,3-7H2,(H,20,21);1H4;1H. The lowest BCUT2D eigenvalue weighted by Gasteiger charge is -2.27. The Hall–Kier alpha value is -10.1. The number of ketones is 3. The molecule has 12 rings (SSSR count). The first kappa shape index (κ1) is 76.6. The number of nitrogens with zero attached hydrogens (tertiary/aromatic N) is 6.